The molecule has 3 aromatic rings. The Morgan fingerprint density at radius 1 is 1.23 bits per heavy atom. The highest BCUT2D eigenvalue weighted by atomic mass is 35.5. The molecule has 0 saturated heterocycles. The predicted octanol–water partition coefficient (Wildman–Crippen LogP) is 3.33. The molecule has 0 unspecified atom stereocenters. The minimum Gasteiger partial charge on any atom is -0.495 e. The van der Waals surface area contributed by atoms with Gasteiger partial charge in [-0.15, -0.1) is 11.3 Å². The molecule has 1 aliphatic rings. The molecule has 1 saturated carbocycles. The fraction of sp³-hybridized carbons (Fsp3) is 0.440. The summed E-state index contributed by atoms with van der Waals surface area (Å²) in [4.78, 5) is 37.8. The minimum absolute atomic E-state index is 0.0102. The Kier molecular flexibility index (Phi) is 8.64. The van der Waals surface area contributed by atoms with Crippen LogP contribution in [0.2, 0.25) is 5.22 Å². The molecule has 0 atom stereocenters. The summed E-state index contributed by atoms with van der Waals surface area (Å²) >= 11 is 7.14. The van der Waals surface area contributed by atoms with Gasteiger partial charge < -0.3 is 14.1 Å². The van der Waals surface area contributed by atoms with Crippen molar-refractivity contribution in [1.29, 1.82) is 0 Å². The molecule has 1 N–H and O–H groups in total. The van der Waals surface area contributed by atoms with Gasteiger partial charge in [-0.05, 0) is 62.1 Å². The molecule has 0 radical (unpaired) electrons. The Labute approximate surface area is 236 Å². The van der Waals surface area contributed by atoms with Crippen molar-refractivity contribution in [1.82, 2.24) is 23.9 Å². The maximum atomic E-state index is 13.9. The summed E-state index contributed by atoms with van der Waals surface area (Å²) in [7, 11) is 0.225. The molecule has 1 fully saturated rings. The zero-order valence-electron chi connectivity index (χ0n) is 22.1. The zero-order chi connectivity index (χ0) is 28.4. The van der Waals surface area contributed by atoms with Gasteiger partial charge in [0.15, 0.2) is 5.22 Å². The van der Waals surface area contributed by atoms with Gasteiger partial charge in [0.1, 0.15) is 22.2 Å². The van der Waals surface area contributed by atoms with Crippen LogP contribution in [0.4, 0.5) is 0 Å². The number of carbonyl (C=O) groups excluding carboxylic acids is 2. The lowest BCUT2D eigenvalue weighted by atomic mass is 9.99. The average molecular weight is 596 g/mol. The fourth-order valence-corrected chi connectivity index (χ4v) is 5.75. The maximum Gasteiger partial charge on any atom is 0.303 e. The zero-order valence-corrected chi connectivity index (χ0v) is 24.5. The summed E-state index contributed by atoms with van der Waals surface area (Å²) in [6.45, 7) is 2.26. The summed E-state index contributed by atoms with van der Waals surface area (Å²) in [5, 5.41) is 0.827. The summed E-state index contributed by atoms with van der Waals surface area (Å²) in [6.07, 6.45) is 4.13. The lowest BCUT2D eigenvalue weighted by molar-refractivity contribution is -0.134. The average Bonchev–Trinajstić information content (AvgIpc) is 3.47. The number of thiazole rings is 1. The van der Waals surface area contributed by atoms with Crippen molar-refractivity contribution in [2.24, 2.45) is 0 Å². The topological polar surface area (TPSA) is 135 Å². The number of hydrogen-bond acceptors (Lipinski definition) is 9. The molecule has 2 amide bonds. The summed E-state index contributed by atoms with van der Waals surface area (Å²) in [5.41, 5.74) is -0.0385. The molecule has 3 aromatic heterocycles. The van der Waals surface area contributed by atoms with E-state index >= 15 is 0 Å². The van der Waals surface area contributed by atoms with Gasteiger partial charge in [0.25, 0.3) is 5.91 Å². The van der Waals surface area contributed by atoms with Crippen LogP contribution < -0.4 is 9.46 Å². The predicted molar refractivity (Wildman–Crippen MR) is 146 cm³/mol. The van der Waals surface area contributed by atoms with E-state index in [1.165, 1.54) is 25.4 Å². The Balaban J connectivity index is 1.55. The highest BCUT2D eigenvalue weighted by Crippen LogP contribution is 2.49. The largest absolute Gasteiger partial charge is 0.495 e. The second kappa shape index (κ2) is 11.6. The fourth-order valence-electron chi connectivity index (χ4n) is 4.12. The number of aryl methyl sites for hydroxylation is 2. The number of hydrogen-bond donors (Lipinski definition) is 1. The molecule has 0 spiro atoms. The van der Waals surface area contributed by atoms with Crippen LogP contribution in [0.15, 0.2) is 34.9 Å². The van der Waals surface area contributed by atoms with Gasteiger partial charge in [0.05, 0.1) is 31.0 Å². The Bertz CT molecular complexity index is 1450. The van der Waals surface area contributed by atoms with E-state index in [1.54, 1.807) is 43.3 Å². The van der Waals surface area contributed by atoms with Gasteiger partial charge in [-0.3, -0.25) is 14.6 Å². The second-order valence-electron chi connectivity index (χ2n) is 9.43. The quantitative estimate of drug-likeness (QED) is 0.337. The lowest BCUT2D eigenvalue weighted by Crippen LogP contribution is -2.40. The number of furan rings is 1. The van der Waals surface area contributed by atoms with Gasteiger partial charge in [0.2, 0.25) is 5.91 Å². The molecular weight excluding hydrogens is 566 g/mol. The van der Waals surface area contributed by atoms with Crippen LogP contribution in [-0.2, 0) is 33.4 Å². The van der Waals surface area contributed by atoms with Crippen molar-refractivity contribution in [2.45, 2.75) is 44.6 Å². The van der Waals surface area contributed by atoms with E-state index in [0.29, 0.717) is 58.8 Å². The molecular formula is C25H30ClN5O6S2. The molecule has 1 aliphatic carbocycles. The summed E-state index contributed by atoms with van der Waals surface area (Å²) < 4.78 is 37.8. The number of carbonyl (C=O) groups is 2. The lowest BCUT2D eigenvalue weighted by Gasteiger charge is -2.26. The van der Waals surface area contributed by atoms with Crippen molar-refractivity contribution in [3.05, 3.63) is 62.7 Å². The van der Waals surface area contributed by atoms with Gasteiger partial charge in [-0.1, -0.05) is 0 Å². The number of methoxy groups -OCH3 is 1. The van der Waals surface area contributed by atoms with Crippen LogP contribution >= 0.6 is 22.9 Å². The number of nitrogens with one attached hydrogen (secondary N) is 1. The van der Waals surface area contributed by atoms with E-state index in [2.05, 4.69) is 9.97 Å². The first-order valence-electron chi connectivity index (χ1n) is 12.2. The standard InChI is InChI=1S/C25H30ClN5O6S2/c1-16-22(23(32)29-39(34,35)30(2)3)28-21(38-16)15-31(13-5-6-17-8-10-20(26)37-17)24(33)25(11-12-25)19-9-7-18(36-4)14-27-19/h7-10,14H,5-6,11-13,15H2,1-4H3,(H,29,32). The second-order valence-corrected chi connectivity index (χ2v) is 13.0. The molecule has 14 heteroatoms. The first kappa shape index (κ1) is 29.0. The van der Waals surface area contributed by atoms with Crippen molar-refractivity contribution < 1.29 is 27.2 Å². The molecule has 39 heavy (non-hydrogen) atoms. The number of halogens is 1. The van der Waals surface area contributed by atoms with Crippen LogP contribution in [0.25, 0.3) is 0 Å². The number of rotatable bonds is 12. The Hall–Kier alpha value is -3.00. The number of pyridine rings is 1. The molecule has 0 bridgehead atoms. The van der Waals surface area contributed by atoms with E-state index < -0.39 is 21.5 Å². The van der Waals surface area contributed by atoms with Crippen LogP contribution in [0.3, 0.4) is 0 Å². The maximum absolute atomic E-state index is 13.9. The number of ether oxygens (including phenoxy) is 1. The molecule has 4 rings (SSSR count). The highest BCUT2D eigenvalue weighted by Gasteiger charge is 2.54. The van der Waals surface area contributed by atoms with Crippen molar-refractivity contribution in [3.8, 4) is 5.75 Å². The van der Waals surface area contributed by atoms with Crippen LogP contribution in [0, 0.1) is 6.92 Å². The molecule has 3 heterocycles. The van der Waals surface area contributed by atoms with Crippen LogP contribution in [0.1, 0.15) is 51.1 Å². The third kappa shape index (κ3) is 6.60. The van der Waals surface area contributed by atoms with Crippen LogP contribution in [-0.4, -0.2) is 67.2 Å². The monoisotopic (exact) mass is 595 g/mol. The van der Waals surface area contributed by atoms with Gasteiger partial charge in [0, 0.05) is 31.9 Å². The van der Waals surface area contributed by atoms with E-state index in [0.717, 1.165) is 10.1 Å². The van der Waals surface area contributed by atoms with Gasteiger partial charge in [-0.2, -0.15) is 12.7 Å². The van der Waals surface area contributed by atoms with Crippen molar-refractivity contribution >= 4 is 45.0 Å². The summed E-state index contributed by atoms with van der Waals surface area (Å²) in [6, 6.07) is 7.08. The van der Waals surface area contributed by atoms with E-state index in [1.807, 2.05) is 10.8 Å². The number of aromatic nitrogens is 2. The Morgan fingerprint density at radius 3 is 2.54 bits per heavy atom. The van der Waals surface area contributed by atoms with Gasteiger partial charge >= 0.3 is 10.2 Å². The first-order valence-corrected chi connectivity index (χ1v) is 14.8. The van der Waals surface area contributed by atoms with Crippen molar-refractivity contribution in [2.75, 3.05) is 27.7 Å². The minimum atomic E-state index is -3.97. The molecule has 0 aromatic carbocycles. The summed E-state index contributed by atoms with van der Waals surface area (Å²) in [5.74, 6) is 0.428. The van der Waals surface area contributed by atoms with Crippen molar-refractivity contribution in [3.63, 3.8) is 0 Å². The molecule has 11 nitrogen and oxygen atoms in total. The molecule has 0 aliphatic heterocycles. The number of amides is 2. The third-order valence-electron chi connectivity index (χ3n) is 6.47. The smallest absolute Gasteiger partial charge is 0.303 e. The SMILES string of the molecule is COc1ccc(C2(C(=O)N(CCCc3ccc(Cl)o3)Cc3nc(C(=O)NS(=O)(=O)N(C)C)c(C)s3)CC2)nc1. The Morgan fingerprint density at radius 2 is 1.97 bits per heavy atom. The van der Waals surface area contributed by atoms with E-state index in [4.69, 9.17) is 20.8 Å². The van der Waals surface area contributed by atoms with E-state index in [-0.39, 0.29) is 18.1 Å². The normalized spacial score (nSPS) is 14.3. The van der Waals surface area contributed by atoms with Gasteiger partial charge in [-0.25, -0.2) is 9.71 Å². The molecule has 210 valence electrons. The third-order valence-corrected chi connectivity index (χ3v) is 9.04. The highest BCUT2D eigenvalue weighted by molar-refractivity contribution is 7.87. The van der Waals surface area contributed by atoms with Crippen LogP contribution in [0.5, 0.6) is 5.75 Å². The number of nitrogens with zero attached hydrogens (tertiary/aromatic N) is 4. The van der Waals surface area contributed by atoms with E-state index in [9.17, 15) is 18.0 Å². The first-order chi connectivity index (χ1) is 18.4.